The maximum Gasteiger partial charge on any atom is 1.00 e. The molecule has 0 saturated carbocycles. The summed E-state index contributed by atoms with van der Waals surface area (Å²) in [5.74, 6) is -0.597. The number of amides is 1. The largest absolute Gasteiger partial charge is 1.00 e. The van der Waals surface area contributed by atoms with Gasteiger partial charge in [0.1, 0.15) is 0 Å². The molecule has 12 heavy (non-hydrogen) atoms. The summed E-state index contributed by atoms with van der Waals surface area (Å²) in [6, 6.07) is 8.33. The van der Waals surface area contributed by atoms with Crippen LogP contribution in [0.15, 0.2) is 30.3 Å². The Hall–Kier alpha value is -0.390. The normalized spacial score (nSPS) is 7.42. The molecule has 0 spiro atoms. The molecule has 0 atom stereocenters. The topological polar surface area (TPSA) is 83.7 Å². The van der Waals surface area contributed by atoms with Crippen LogP contribution in [0.2, 0.25) is 0 Å². The van der Waals surface area contributed by atoms with Gasteiger partial charge in [0.15, 0.2) is 0 Å². The minimum Gasteiger partial charge on any atom is -0.759 e. The van der Waals surface area contributed by atoms with Gasteiger partial charge in [0.2, 0.25) is 5.91 Å². The van der Waals surface area contributed by atoms with Crippen LogP contribution in [0.3, 0.4) is 0 Å². The molecule has 0 heterocycles. The van der Waals surface area contributed by atoms with Gasteiger partial charge in [0.05, 0.1) is 0 Å². The molecule has 0 bridgehead atoms. The Kier molecular flexibility index (Phi) is 8.57. The fourth-order valence-electron chi connectivity index (χ4n) is 0.648. The first kappa shape index (κ1) is 14.2. The third-order valence-corrected chi connectivity index (χ3v) is 1.13. The van der Waals surface area contributed by atoms with Crippen molar-refractivity contribution >= 4 is 5.91 Å². The number of hydrogen-bond donors (Lipinski definition) is 1. The van der Waals surface area contributed by atoms with Gasteiger partial charge in [-0.15, -0.1) is 0 Å². The molecule has 1 rings (SSSR count). The van der Waals surface area contributed by atoms with E-state index in [9.17, 15) is 10.0 Å². The van der Waals surface area contributed by atoms with Gasteiger partial charge in [-0.3, -0.25) is 4.79 Å². The summed E-state index contributed by atoms with van der Waals surface area (Å²) in [7, 11) is 0. The van der Waals surface area contributed by atoms with Crippen LogP contribution in [0.4, 0.5) is 0 Å². The van der Waals surface area contributed by atoms with Crippen molar-refractivity contribution in [1.82, 2.24) is 5.48 Å². The first-order chi connectivity index (χ1) is 4.84. The molecule has 0 saturated heterocycles. The fourth-order valence-corrected chi connectivity index (χ4v) is 0.648. The average Bonchev–Trinajstić information content (AvgIpc) is 2.05. The molecule has 5 heteroatoms. The molecule has 0 fully saturated rings. The molecule has 0 aliphatic carbocycles. The van der Waals surface area contributed by atoms with Gasteiger partial charge in [-0.2, -0.15) is 0 Å². The summed E-state index contributed by atoms with van der Waals surface area (Å²) in [5, 5.41) is 9.83. The quantitative estimate of drug-likeness (QED) is 0.368. The Morgan fingerprint density at radius 2 is 1.75 bits per heavy atom. The van der Waals surface area contributed by atoms with E-state index in [-0.39, 0.29) is 35.0 Å². The average molecular weight is 177 g/mol. The van der Waals surface area contributed by atoms with Crippen LogP contribution in [0, 0.1) is 5.21 Å². The zero-order valence-electron chi connectivity index (χ0n) is 6.70. The Morgan fingerprint density at radius 1 is 1.25 bits per heavy atom. The van der Waals surface area contributed by atoms with Crippen LogP contribution in [0.1, 0.15) is 10.4 Å². The summed E-state index contributed by atoms with van der Waals surface area (Å²) in [6.07, 6.45) is 0. The van der Waals surface area contributed by atoms with Crippen LogP contribution < -0.4 is 35.0 Å². The second-order valence-corrected chi connectivity index (χ2v) is 1.80. The van der Waals surface area contributed by atoms with Crippen molar-refractivity contribution in [3.63, 3.8) is 0 Å². The van der Waals surface area contributed by atoms with Crippen molar-refractivity contribution in [2.75, 3.05) is 0 Å². The van der Waals surface area contributed by atoms with E-state index in [1.807, 2.05) is 0 Å². The predicted octanol–water partition coefficient (Wildman–Crippen LogP) is -2.91. The number of hydrogen-bond acceptors (Lipinski definition) is 2. The third-order valence-electron chi connectivity index (χ3n) is 1.13. The molecule has 0 unspecified atom stereocenters. The van der Waals surface area contributed by atoms with Crippen LogP contribution in [-0.4, -0.2) is 11.4 Å². The van der Waals surface area contributed by atoms with Gasteiger partial charge in [0, 0.05) is 5.56 Å². The maximum absolute atomic E-state index is 10.6. The van der Waals surface area contributed by atoms with Crippen LogP contribution in [0.5, 0.6) is 0 Å². The summed E-state index contributed by atoms with van der Waals surface area (Å²) in [5.41, 5.74) is 1.68. The SMILES string of the molecule is O.O=C(N[O-])c1ccccc1.[Na+]. The molecular formula is C7H8NNaO3. The number of carbonyl (C=O) groups is 1. The van der Waals surface area contributed by atoms with E-state index in [1.165, 1.54) is 5.48 Å². The number of rotatable bonds is 1. The molecule has 0 aliphatic heterocycles. The van der Waals surface area contributed by atoms with E-state index < -0.39 is 5.91 Å². The number of nitrogens with one attached hydrogen (secondary N) is 1. The van der Waals surface area contributed by atoms with E-state index in [0.29, 0.717) is 5.56 Å². The number of benzene rings is 1. The van der Waals surface area contributed by atoms with Crippen LogP contribution in [-0.2, 0) is 0 Å². The van der Waals surface area contributed by atoms with Crippen LogP contribution >= 0.6 is 0 Å². The fraction of sp³-hybridized carbons (Fsp3) is 0. The van der Waals surface area contributed by atoms with Crippen molar-refractivity contribution in [3.8, 4) is 0 Å². The molecular weight excluding hydrogens is 169 g/mol. The van der Waals surface area contributed by atoms with E-state index >= 15 is 0 Å². The van der Waals surface area contributed by atoms with E-state index in [0.717, 1.165) is 0 Å². The minimum absolute atomic E-state index is 0. The Labute approximate surface area is 92.2 Å². The third kappa shape index (κ3) is 3.85. The molecule has 1 amide bonds. The Bertz CT molecular complexity index is 227. The van der Waals surface area contributed by atoms with E-state index in [1.54, 1.807) is 30.3 Å². The van der Waals surface area contributed by atoms with E-state index in [2.05, 4.69) is 0 Å². The van der Waals surface area contributed by atoms with Crippen molar-refractivity contribution in [1.29, 1.82) is 0 Å². The van der Waals surface area contributed by atoms with Gasteiger partial charge in [0.25, 0.3) is 0 Å². The van der Waals surface area contributed by atoms with E-state index in [4.69, 9.17) is 0 Å². The predicted molar refractivity (Wildman–Crippen MR) is 40.9 cm³/mol. The summed E-state index contributed by atoms with van der Waals surface area (Å²) < 4.78 is 0. The first-order valence-corrected chi connectivity index (χ1v) is 2.82. The smallest absolute Gasteiger partial charge is 0.759 e. The van der Waals surface area contributed by atoms with Crippen molar-refractivity contribution in [2.45, 2.75) is 0 Å². The molecule has 0 radical (unpaired) electrons. The second kappa shape index (κ2) is 7.27. The summed E-state index contributed by atoms with van der Waals surface area (Å²) in [6.45, 7) is 0. The summed E-state index contributed by atoms with van der Waals surface area (Å²) >= 11 is 0. The van der Waals surface area contributed by atoms with Crippen LogP contribution in [0.25, 0.3) is 0 Å². The zero-order chi connectivity index (χ0) is 7.40. The zero-order valence-corrected chi connectivity index (χ0v) is 8.70. The molecule has 1 aromatic rings. The van der Waals surface area contributed by atoms with Gasteiger partial charge in [-0.25, -0.2) is 0 Å². The first-order valence-electron chi connectivity index (χ1n) is 2.82. The molecule has 3 N–H and O–H groups in total. The van der Waals surface area contributed by atoms with Crippen molar-refractivity contribution in [3.05, 3.63) is 41.1 Å². The van der Waals surface area contributed by atoms with Gasteiger partial charge in [-0.05, 0) is 12.1 Å². The van der Waals surface area contributed by atoms with Gasteiger partial charge < -0.3 is 16.2 Å². The molecule has 0 aromatic heterocycles. The second-order valence-electron chi connectivity index (χ2n) is 1.80. The standard InChI is InChI=1S/C7H6NO2.Na.H2O/c9-7(8-10)6-4-2-1-3-5-6;;/h1-5H,(H-,8,9,10);;1H2/q-1;+1;. The Morgan fingerprint density at radius 3 is 2.17 bits per heavy atom. The molecule has 4 nitrogen and oxygen atoms in total. The van der Waals surface area contributed by atoms with Gasteiger partial charge in [-0.1, -0.05) is 18.2 Å². The number of hydroxylamine groups is 1. The monoisotopic (exact) mass is 177 g/mol. The number of carbonyl (C=O) groups excluding carboxylic acids is 1. The molecule has 60 valence electrons. The van der Waals surface area contributed by atoms with Crippen molar-refractivity contribution in [2.24, 2.45) is 0 Å². The Balaban J connectivity index is 0. The summed E-state index contributed by atoms with van der Waals surface area (Å²) in [4.78, 5) is 10.6. The van der Waals surface area contributed by atoms with Crippen molar-refractivity contribution < 1.29 is 39.8 Å². The molecule has 0 aliphatic rings. The maximum atomic E-state index is 10.6. The van der Waals surface area contributed by atoms with Gasteiger partial charge >= 0.3 is 29.6 Å². The molecule has 1 aromatic carbocycles. The minimum atomic E-state index is -0.597.